The Kier molecular flexibility index (Phi) is 11.1. The topological polar surface area (TPSA) is 84.9 Å². The molecule has 2 aromatic carbocycles. The van der Waals surface area contributed by atoms with E-state index in [-0.39, 0.29) is 0 Å². The first kappa shape index (κ1) is 27.1. The number of carboxylic acid groups (broad SMARTS) is 1. The van der Waals surface area contributed by atoms with Crippen LogP contribution < -0.4 is 5.32 Å². The van der Waals surface area contributed by atoms with Crippen LogP contribution in [0.25, 0.3) is 0 Å². The molecule has 2 aromatic rings. The van der Waals surface area contributed by atoms with E-state index < -0.39 is 19.7 Å². The summed E-state index contributed by atoms with van der Waals surface area (Å²) >= 11 is 0. The number of nitrogens with one attached hydrogen (secondary N) is 1. The fourth-order valence-electron chi connectivity index (χ4n) is 3.17. The quantitative estimate of drug-likeness (QED) is 0.446. The molecule has 0 spiro atoms. The lowest BCUT2D eigenvalue weighted by atomic mass is 9.96. The standard InChI is InChI=1S/C21H28NO3P.C2HF3O2/c23-26(16-13-19-11-14-22-15-12-19,24-17-20-7-3-1-4-8-20)25-18-21-9-5-2-6-10-21;3-2(4,5)1(6)7/h1-10,19,22H,11-18H2;(H,6,7). The number of carbonyl (C=O) groups is 1. The summed E-state index contributed by atoms with van der Waals surface area (Å²) in [5.74, 6) is -2.15. The van der Waals surface area contributed by atoms with Crippen LogP contribution in [0, 0.1) is 5.92 Å². The predicted molar refractivity (Wildman–Crippen MR) is 119 cm³/mol. The summed E-state index contributed by atoms with van der Waals surface area (Å²) in [5, 5.41) is 10.5. The van der Waals surface area contributed by atoms with Gasteiger partial charge in [-0.3, -0.25) is 4.57 Å². The molecule has 0 aliphatic carbocycles. The van der Waals surface area contributed by atoms with E-state index in [9.17, 15) is 17.7 Å². The molecule has 0 unspecified atom stereocenters. The third kappa shape index (κ3) is 11.0. The minimum absolute atomic E-state index is 0.319. The Morgan fingerprint density at radius 3 is 1.76 bits per heavy atom. The molecular weight excluding hydrogens is 458 g/mol. The van der Waals surface area contributed by atoms with Crippen LogP contribution >= 0.6 is 7.60 Å². The third-order valence-electron chi connectivity index (χ3n) is 5.05. The van der Waals surface area contributed by atoms with Crippen LogP contribution in [-0.2, 0) is 31.6 Å². The molecule has 0 radical (unpaired) electrons. The van der Waals surface area contributed by atoms with Gasteiger partial charge in [0, 0.05) is 0 Å². The maximum absolute atomic E-state index is 13.3. The molecule has 1 saturated heterocycles. The summed E-state index contributed by atoms with van der Waals surface area (Å²) in [7, 11) is -3.14. The Morgan fingerprint density at radius 1 is 0.939 bits per heavy atom. The number of piperidine rings is 1. The van der Waals surface area contributed by atoms with Crippen molar-refractivity contribution >= 4 is 13.6 Å². The Hall–Kier alpha value is -2.19. The summed E-state index contributed by atoms with van der Waals surface area (Å²) in [5.41, 5.74) is 2.02. The molecule has 0 amide bonds. The molecule has 1 aliphatic heterocycles. The van der Waals surface area contributed by atoms with Gasteiger partial charge >= 0.3 is 19.7 Å². The second kappa shape index (κ2) is 13.5. The minimum atomic E-state index is -5.08. The van der Waals surface area contributed by atoms with Crippen molar-refractivity contribution in [2.45, 2.75) is 38.7 Å². The molecule has 10 heteroatoms. The van der Waals surface area contributed by atoms with Crippen LogP contribution in [0.1, 0.15) is 30.4 Å². The van der Waals surface area contributed by atoms with Crippen LogP contribution in [0.5, 0.6) is 0 Å². The van der Waals surface area contributed by atoms with E-state index in [0.717, 1.165) is 43.5 Å². The van der Waals surface area contributed by atoms with Crippen molar-refractivity contribution in [3.63, 3.8) is 0 Å². The minimum Gasteiger partial charge on any atom is -0.475 e. The van der Waals surface area contributed by atoms with Crippen LogP contribution in [0.4, 0.5) is 13.2 Å². The predicted octanol–water partition coefficient (Wildman–Crippen LogP) is 5.64. The lowest BCUT2D eigenvalue weighted by Crippen LogP contribution is -2.28. The summed E-state index contributed by atoms with van der Waals surface area (Å²) < 4.78 is 56.8. The molecule has 6 nitrogen and oxygen atoms in total. The van der Waals surface area contributed by atoms with Gasteiger partial charge in [-0.2, -0.15) is 13.2 Å². The number of alkyl halides is 3. The van der Waals surface area contributed by atoms with Crippen molar-refractivity contribution in [3.8, 4) is 0 Å². The maximum atomic E-state index is 13.3. The van der Waals surface area contributed by atoms with Gasteiger partial charge in [-0.05, 0) is 49.4 Å². The second-order valence-corrected chi connectivity index (χ2v) is 9.82. The summed E-state index contributed by atoms with van der Waals surface area (Å²) in [6.07, 6.45) is -1.44. The number of aliphatic carboxylic acids is 1. The van der Waals surface area contributed by atoms with Crippen molar-refractivity contribution in [3.05, 3.63) is 71.8 Å². The Labute approximate surface area is 191 Å². The molecule has 2 N–H and O–H groups in total. The van der Waals surface area contributed by atoms with E-state index in [1.165, 1.54) is 0 Å². The molecule has 1 aliphatic rings. The molecule has 1 heterocycles. The zero-order chi connectivity index (χ0) is 24.2. The average molecular weight is 487 g/mol. The van der Waals surface area contributed by atoms with Gasteiger partial charge in [0.25, 0.3) is 0 Å². The molecule has 182 valence electrons. The van der Waals surface area contributed by atoms with Crippen molar-refractivity contribution in [1.82, 2.24) is 5.32 Å². The molecule has 1 fully saturated rings. The number of carboxylic acids is 1. The molecule has 0 saturated carbocycles. The first-order valence-electron chi connectivity index (χ1n) is 10.6. The average Bonchev–Trinajstić information content (AvgIpc) is 2.82. The number of hydrogen-bond acceptors (Lipinski definition) is 5. The Bertz CT molecular complexity index is 827. The van der Waals surface area contributed by atoms with Gasteiger partial charge in [0.05, 0.1) is 19.4 Å². The lowest BCUT2D eigenvalue weighted by molar-refractivity contribution is -0.192. The highest BCUT2D eigenvalue weighted by Crippen LogP contribution is 2.51. The smallest absolute Gasteiger partial charge is 0.475 e. The molecule has 3 rings (SSSR count). The maximum Gasteiger partial charge on any atom is 0.490 e. The van der Waals surface area contributed by atoms with Crippen LogP contribution in [0.2, 0.25) is 0 Å². The van der Waals surface area contributed by atoms with Crippen LogP contribution in [0.15, 0.2) is 60.7 Å². The zero-order valence-electron chi connectivity index (χ0n) is 18.2. The van der Waals surface area contributed by atoms with E-state index >= 15 is 0 Å². The largest absolute Gasteiger partial charge is 0.490 e. The first-order chi connectivity index (χ1) is 15.7. The highest BCUT2D eigenvalue weighted by Gasteiger charge is 2.38. The van der Waals surface area contributed by atoms with Gasteiger partial charge in [0.15, 0.2) is 0 Å². The Balaban J connectivity index is 0.000000479. The molecule has 0 aromatic heterocycles. The number of rotatable bonds is 9. The fourth-order valence-corrected chi connectivity index (χ4v) is 4.88. The summed E-state index contributed by atoms with van der Waals surface area (Å²) in [6.45, 7) is 2.73. The normalized spacial score (nSPS) is 14.9. The van der Waals surface area contributed by atoms with E-state index in [1.54, 1.807) is 0 Å². The van der Waals surface area contributed by atoms with E-state index in [2.05, 4.69) is 5.32 Å². The van der Waals surface area contributed by atoms with E-state index in [0.29, 0.717) is 25.3 Å². The van der Waals surface area contributed by atoms with Crippen molar-refractivity contribution in [2.75, 3.05) is 19.3 Å². The van der Waals surface area contributed by atoms with Crippen LogP contribution in [-0.4, -0.2) is 36.5 Å². The second-order valence-electron chi connectivity index (χ2n) is 7.64. The number of halogens is 3. The first-order valence-corrected chi connectivity index (χ1v) is 12.4. The van der Waals surface area contributed by atoms with Crippen molar-refractivity contribution < 1.29 is 36.7 Å². The van der Waals surface area contributed by atoms with Gasteiger partial charge in [-0.1, -0.05) is 60.7 Å². The van der Waals surface area contributed by atoms with Crippen molar-refractivity contribution in [2.24, 2.45) is 5.92 Å². The lowest BCUT2D eigenvalue weighted by Gasteiger charge is -2.25. The zero-order valence-corrected chi connectivity index (χ0v) is 19.1. The van der Waals surface area contributed by atoms with E-state index in [1.807, 2.05) is 60.7 Å². The summed E-state index contributed by atoms with van der Waals surface area (Å²) in [4.78, 5) is 8.90. The van der Waals surface area contributed by atoms with Gasteiger partial charge in [0.2, 0.25) is 0 Å². The molecule has 0 bridgehead atoms. The summed E-state index contributed by atoms with van der Waals surface area (Å²) in [6, 6.07) is 19.7. The Morgan fingerprint density at radius 2 is 1.36 bits per heavy atom. The van der Waals surface area contributed by atoms with Gasteiger partial charge < -0.3 is 19.5 Å². The molecule has 0 atom stereocenters. The van der Waals surface area contributed by atoms with Crippen molar-refractivity contribution in [1.29, 1.82) is 0 Å². The van der Waals surface area contributed by atoms with Crippen LogP contribution in [0.3, 0.4) is 0 Å². The molecule has 33 heavy (non-hydrogen) atoms. The monoisotopic (exact) mass is 487 g/mol. The van der Waals surface area contributed by atoms with Gasteiger partial charge in [-0.25, -0.2) is 4.79 Å². The van der Waals surface area contributed by atoms with Gasteiger partial charge in [-0.15, -0.1) is 0 Å². The fraction of sp³-hybridized carbons (Fsp3) is 0.435. The highest BCUT2D eigenvalue weighted by molar-refractivity contribution is 7.53. The number of benzene rings is 2. The highest BCUT2D eigenvalue weighted by atomic mass is 31.2. The van der Waals surface area contributed by atoms with Gasteiger partial charge in [0.1, 0.15) is 0 Å². The van der Waals surface area contributed by atoms with E-state index in [4.69, 9.17) is 18.9 Å². The SMILES string of the molecule is O=C(O)C(F)(F)F.O=P(CCC1CCNCC1)(OCc1ccccc1)OCc1ccccc1. The third-order valence-corrected chi connectivity index (χ3v) is 6.90. The molecular formula is C23H29F3NO5P. The number of hydrogen-bond donors (Lipinski definition) is 2.